The Morgan fingerprint density at radius 3 is 2.73 bits per heavy atom. The van der Waals surface area contributed by atoms with E-state index in [0.29, 0.717) is 6.04 Å². The zero-order valence-corrected chi connectivity index (χ0v) is 17.0. The molecule has 30 heavy (non-hydrogen) atoms. The van der Waals surface area contributed by atoms with Gasteiger partial charge in [-0.05, 0) is 50.2 Å². The van der Waals surface area contributed by atoms with Crippen molar-refractivity contribution in [1.29, 1.82) is 0 Å². The number of halogens is 3. The topological polar surface area (TPSA) is 60.0 Å². The quantitative estimate of drug-likeness (QED) is 0.573. The van der Waals surface area contributed by atoms with E-state index in [1.165, 1.54) is 6.08 Å². The number of hydrogen-bond acceptors (Lipinski definition) is 5. The molecule has 1 unspecified atom stereocenters. The van der Waals surface area contributed by atoms with Gasteiger partial charge in [0.15, 0.2) is 5.82 Å². The maximum absolute atomic E-state index is 12.6. The summed E-state index contributed by atoms with van der Waals surface area (Å²) in [4.78, 5) is 10.6. The molecule has 0 amide bonds. The molecule has 1 aliphatic rings. The minimum absolute atomic E-state index is 0.120. The normalized spacial score (nSPS) is 18.2. The second-order valence-electron chi connectivity index (χ2n) is 7.74. The van der Waals surface area contributed by atoms with Crippen LogP contribution in [0.15, 0.2) is 22.7 Å². The summed E-state index contributed by atoms with van der Waals surface area (Å²) in [5.41, 5.74) is 2.80. The van der Waals surface area contributed by atoms with E-state index in [1.807, 2.05) is 18.2 Å². The minimum atomic E-state index is -4.64. The van der Waals surface area contributed by atoms with Crippen molar-refractivity contribution in [1.82, 2.24) is 24.6 Å². The Kier molecular flexibility index (Phi) is 5.64. The summed E-state index contributed by atoms with van der Waals surface area (Å²) in [7, 11) is 2.13. The number of likely N-dealkylation sites (N-methyl/N-ethyl adjacent to an activating group) is 1. The molecule has 1 fully saturated rings. The molecule has 9 heteroatoms. The fourth-order valence-electron chi connectivity index (χ4n) is 3.90. The third kappa shape index (κ3) is 4.26. The number of unbranched alkanes of at least 4 members (excludes halogenated alkanes) is 1. The van der Waals surface area contributed by atoms with Gasteiger partial charge < -0.3 is 14.0 Å². The van der Waals surface area contributed by atoms with Gasteiger partial charge in [0, 0.05) is 19.0 Å². The Morgan fingerprint density at radius 1 is 1.23 bits per heavy atom. The minimum Gasteiger partial charge on any atom is -0.329 e. The first-order valence-electron chi connectivity index (χ1n) is 10.1. The molecule has 1 atom stereocenters. The van der Waals surface area contributed by atoms with Gasteiger partial charge in [0.25, 0.3) is 0 Å². The van der Waals surface area contributed by atoms with Gasteiger partial charge in [-0.2, -0.15) is 18.2 Å². The van der Waals surface area contributed by atoms with Crippen LogP contribution in [-0.2, 0) is 12.6 Å². The Balaban J connectivity index is 1.63. The Morgan fingerprint density at radius 2 is 2.07 bits per heavy atom. The van der Waals surface area contributed by atoms with E-state index in [0.717, 1.165) is 61.2 Å². The van der Waals surface area contributed by atoms with E-state index in [-0.39, 0.29) is 5.82 Å². The van der Waals surface area contributed by atoms with Crippen LogP contribution in [0.25, 0.3) is 23.2 Å². The molecule has 160 valence electrons. The number of imidazole rings is 1. The van der Waals surface area contributed by atoms with Crippen molar-refractivity contribution in [3.05, 3.63) is 41.3 Å². The highest BCUT2D eigenvalue weighted by molar-refractivity contribution is 5.81. The van der Waals surface area contributed by atoms with Gasteiger partial charge in [-0.1, -0.05) is 30.6 Å². The predicted octanol–water partition coefficient (Wildman–Crippen LogP) is 4.83. The number of nitrogens with zero attached hydrogens (tertiary/aromatic N) is 5. The largest absolute Gasteiger partial charge is 0.471 e. The number of benzene rings is 1. The first-order valence-corrected chi connectivity index (χ1v) is 10.1. The predicted molar refractivity (Wildman–Crippen MR) is 108 cm³/mol. The van der Waals surface area contributed by atoms with Gasteiger partial charge in [-0.25, -0.2) is 4.98 Å². The Bertz CT molecular complexity index is 1050. The van der Waals surface area contributed by atoms with Crippen LogP contribution in [0.4, 0.5) is 13.2 Å². The van der Waals surface area contributed by atoms with Crippen molar-refractivity contribution in [2.24, 2.45) is 0 Å². The molecular weight excluding hydrogens is 395 g/mol. The van der Waals surface area contributed by atoms with Crippen LogP contribution < -0.4 is 0 Å². The van der Waals surface area contributed by atoms with E-state index in [2.05, 4.69) is 38.1 Å². The molecule has 2 aromatic heterocycles. The number of fused-ring (bicyclic) bond motifs is 1. The lowest BCUT2D eigenvalue weighted by Crippen LogP contribution is -2.18. The molecule has 1 aromatic carbocycles. The number of likely N-dealkylation sites (tertiary alicyclic amines) is 1. The highest BCUT2D eigenvalue weighted by Gasteiger charge is 2.38. The fraction of sp³-hybridized carbons (Fsp3) is 0.476. The maximum Gasteiger partial charge on any atom is 0.471 e. The third-order valence-corrected chi connectivity index (χ3v) is 5.38. The van der Waals surface area contributed by atoms with Gasteiger partial charge in [0.1, 0.15) is 5.82 Å². The second-order valence-corrected chi connectivity index (χ2v) is 7.74. The zero-order chi connectivity index (χ0) is 21.3. The summed E-state index contributed by atoms with van der Waals surface area (Å²) in [5.74, 6) is -0.370. The molecular formula is C21H24F3N5O. The van der Waals surface area contributed by atoms with Crippen molar-refractivity contribution < 1.29 is 17.7 Å². The number of hydrogen-bond donors (Lipinski definition) is 0. The van der Waals surface area contributed by atoms with Crippen LogP contribution in [0.1, 0.15) is 55.3 Å². The summed E-state index contributed by atoms with van der Waals surface area (Å²) in [6, 6.07) is 6.33. The van der Waals surface area contributed by atoms with Crippen LogP contribution in [-0.4, -0.2) is 44.7 Å². The second kappa shape index (κ2) is 8.22. The summed E-state index contributed by atoms with van der Waals surface area (Å²) >= 11 is 0. The van der Waals surface area contributed by atoms with Crippen LogP contribution in [0.3, 0.4) is 0 Å². The van der Waals surface area contributed by atoms with Crippen molar-refractivity contribution in [3.63, 3.8) is 0 Å². The fourth-order valence-corrected chi connectivity index (χ4v) is 3.90. The first kappa shape index (κ1) is 20.6. The zero-order valence-electron chi connectivity index (χ0n) is 17.0. The number of aryl methyl sites for hydroxylation is 1. The van der Waals surface area contributed by atoms with Gasteiger partial charge in [-0.3, -0.25) is 0 Å². The lowest BCUT2D eigenvalue weighted by atomic mass is 10.1. The molecule has 4 rings (SSSR count). The molecule has 3 heterocycles. The van der Waals surface area contributed by atoms with Crippen LogP contribution in [0, 0.1) is 0 Å². The average molecular weight is 419 g/mol. The lowest BCUT2D eigenvalue weighted by molar-refractivity contribution is -0.159. The lowest BCUT2D eigenvalue weighted by Gasteiger charge is -2.17. The smallest absolute Gasteiger partial charge is 0.329 e. The van der Waals surface area contributed by atoms with Gasteiger partial charge in [-0.15, -0.1) is 0 Å². The summed E-state index contributed by atoms with van der Waals surface area (Å²) in [6.45, 7) is 4.25. The van der Waals surface area contributed by atoms with E-state index in [4.69, 9.17) is 4.98 Å². The van der Waals surface area contributed by atoms with E-state index in [9.17, 15) is 13.2 Å². The van der Waals surface area contributed by atoms with Gasteiger partial charge in [0.2, 0.25) is 0 Å². The summed E-state index contributed by atoms with van der Waals surface area (Å²) in [6.07, 6.45) is 2.64. The van der Waals surface area contributed by atoms with E-state index in [1.54, 1.807) is 6.08 Å². The SMILES string of the molecule is CCCCc1nc2cc(/C=C/c3noc(C(F)(F)F)n3)ccc2n1C1CCN(C)C1. The highest BCUT2D eigenvalue weighted by atomic mass is 19.4. The summed E-state index contributed by atoms with van der Waals surface area (Å²) in [5, 5.41) is 3.35. The molecule has 0 N–H and O–H groups in total. The molecule has 0 bridgehead atoms. The van der Waals surface area contributed by atoms with Gasteiger partial charge >= 0.3 is 12.1 Å². The molecule has 0 aliphatic carbocycles. The number of aromatic nitrogens is 4. The van der Waals surface area contributed by atoms with Crippen molar-refractivity contribution >= 4 is 23.2 Å². The van der Waals surface area contributed by atoms with Crippen molar-refractivity contribution in [3.8, 4) is 0 Å². The number of rotatable bonds is 6. The molecule has 0 spiro atoms. The standard InChI is InChI=1S/C21H24F3N5O/c1-3-4-5-19-25-16-12-14(7-9-18-26-20(30-27-18)21(22,23)24)6-8-17(16)29(19)15-10-11-28(2)13-15/h6-9,12,15H,3-5,10-11,13H2,1-2H3/b9-7+. The maximum atomic E-state index is 12.6. The third-order valence-electron chi connectivity index (χ3n) is 5.38. The van der Waals surface area contributed by atoms with Crippen molar-refractivity contribution in [2.45, 2.75) is 44.8 Å². The molecule has 3 aromatic rings. The summed E-state index contributed by atoms with van der Waals surface area (Å²) < 4.78 is 44.4. The first-order chi connectivity index (χ1) is 14.3. The molecule has 1 aliphatic heterocycles. The van der Waals surface area contributed by atoms with Crippen molar-refractivity contribution in [2.75, 3.05) is 20.1 Å². The Hall–Kier alpha value is -2.68. The van der Waals surface area contributed by atoms with Crippen LogP contribution in [0.2, 0.25) is 0 Å². The molecule has 0 saturated carbocycles. The average Bonchev–Trinajstić information content (AvgIpc) is 3.41. The number of alkyl halides is 3. The van der Waals surface area contributed by atoms with E-state index >= 15 is 0 Å². The Labute approximate surface area is 172 Å². The monoisotopic (exact) mass is 419 g/mol. The van der Waals surface area contributed by atoms with Crippen LogP contribution >= 0.6 is 0 Å². The molecule has 1 saturated heterocycles. The molecule has 0 radical (unpaired) electrons. The molecule has 6 nitrogen and oxygen atoms in total. The highest BCUT2D eigenvalue weighted by Crippen LogP contribution is 2.30. The van der Waals surface area contributed by atoms with E-state index < -0.39 is 12.1 Å². The van der Waals surface area contributed by atoms with Gasteiger partial charge in [0.05, 0.1) is 11.0 Å². The van der Waals surface area contributed by atoms with Crippen LogP contribution in [0.5, 0.6) is 0 Å².